The number of rotatable bonds is 5. The van der Waals surface area contributed by atoms with Crippen LogP contribution in [0, 0.1) is 0 Å². The highest BCUT2D eigenvalue weighted by molar-refractivity contribution is 5.35. The molecule has 0 aliphatic rings. The van der Waals surface area contributed by atoms with Gasteiger partial charge in [0.25, 0.3) is 0 Å². The molecule has 0 saturated carbocycles. The van der Waals surface area contributed by atoms with E-state index in [9.17, 15) is 8.78 Å². The van der Waals surface area contributed by atoms with Crippen molar-refractivity contribution in [3.8, 4) is 5.75 Å². The molecule has 3 N–H and O–H groups in total. The molecule has 1 aromatic carbocycles. The maximum Gasteiger partial charge on any atom is 0.387 e. The first kappa shape index (κ1) is 13.3. The van der Waals surface area contributed by atoms with E-state index in [1.54, 1.807) is 24.5 Å². The number of hydrazine groups is 1. The summed E-state index contributed by atoms with van der Waals surface area (Å²) >= 11 is 0. The Morgan fingerprint density at radius 2 is 1.89 bits per heavy atom. The van der Waals surface area contributed by atoms with Gasteiger partial charge in [-0.2, -0.15) is 8.78 Å². The van der Waals surface area contributed by atoms with Gasteiger partial charge < -0.3 is 4.74 Å². The number of hydrogen-bond donors (Lipinski definition) is 2. The summed E-state index contributed by atoms with van der Waals surface area (Å²) in [5.74, 6) is 5.57. The van der Waals surface area contributed by atoms with Crippen molar-refractivity contribution in [1.82, 2.24) is 15.4 Å². The van der Waals surface area contributed by atoms with Crippen LogP contribution in [0.2, 0.25) is 0 Å². The lowest BCUT2D eigenvalue weighted by atomic mass is 10.0. The van der Waals surface area contributed by atoms with Gasteiger partial charge in [-0.05, 0) is 17.7 Å². The molecule has 0 saturated heterocycles. The fourth-order valence-corrected chi connectivity index (χ4v) is 1.71. The first-order valence-corrected chi connectivity index (χ1v) is 5.46. The molecule has 7 heteroatoms. The van der Waals surface area contributed by atoms with E-state index in [0.29, 0.717) is 5.56 Å². The predicted molar refractivity (Wildman–Crippen MR) is 64.3 cm³/mol. The number of benzene rings is 1. The van der Waals surface area contributed by atoms with E-state index in [1.807, 2.05) is 0 Å². The van der Waals surface area contributed by atoms with Crippen LogP contribution in [0.5, 0.6) is 5.75 Å². The molecule has 0 radical (unpaired) electrons. The highest BCUT2D eigenvalue weighted by atomic mass is 19.3. The van der Waals surface area contributed by atoms with Crippen molar-refractivity contribution in [2.45, 2.75) is 12.7 Å². The molecule has 0 spiro atoms. The lowest BCUT2D eigenvalue weighted by Gasteiger charge is -2.16. The van der Waals surface area contributed by atoms with Gasteiger partial charge in [-0.15, -0.1) is 0 Å². The van der Waals surface area contributed by atoms with Gasteiger partial charge in [-0.3, -0.25) is 5.84 Å². The van der Waals surface area contributed by atoms with Crippen LogP contribution < -0.4 is 16.0 Å². The second-order valence-corrected chi connectivity index (χ2v) is 3.72. The molecule has 1 atom stereocenters. The van der Waals surface area contributed by atoms with Crippen molar-refractivity contribution >= 4 is 0 Å². The Morgan fingerprint density at radius 3 is 2.53 bits per heavy atom. The molecule has 2 rings (SSSR count). The monoisotopic (exact) mass is 266 g/mol. The third-order valence-electron chi connectivity index (χ3n) is 2.50. The second-order valence-electron chi connectivity index (χ2n) is 3.72. The van der Waals surface area contributed by atoms with Crippen LogP contribution in [-0.4, -0.2) is 16.6 Å². The van der Waals surface area contributed by atoms with Crippen LogP contribution >= 0.6 is 0 Å². The average molecular weight is 266 g/mol. The first-order chi connectivity index (χ1) is 9.20. The van der Waals surface area contributed by atoms with Crippen LogP contribution in [0.15, 0.2) is 43.0 Å². The Labute approximate surface area is 108 Å². The number of hydrogen-bond acceptors (Lipinski definition) is 5. The van der Waals surface area contributed by atoms with Gasteiger partial charge in [-0.25, -0.2) is 15.4 Å². The van der Waals surface area contributed by atoms with Gasteiger partial charge in [-0.1, -0.05) is 12.1 Å². The zero-order chi connectivity index (χ0) is 13.7. The van der Waals surface area contributed by atoms with Crippen molar-refractivity contribution in [3.05, 3.63) is 54.1 Å². The topological polar surface area (TPSA) is 73.1 Å². The largest absolute Gasteiger partial charge is 0.435 e. The van der Waals surface area contributed by atoms with Crippen molar-refractivity contribution in [2.24, 2.45) is 5.84 Å². The minimum Gasteiger partial charge on any atom is -0.435 e. The second kappa shape index (κ2) is 6.17. The van der Waals surface area contributed by atoms with Crippen molar-refractivity contribution in [2.75, 3.05) is 0 Å². The summed E-state index contributed by atoms with van der Waals surface area (Å²) in [7, 11) is 0. The highest BCUT2D eigenvalue weighted by Gasteiger charge is 2.14. The molecular formula is C12H12F2N4O. The van der Waals surface area contributed by atoms with Crippen LogP contribution in [0.1, 0.15) is 17.2 Å². The standard InChI is InChI=1S/C12H12F2N4O/c13-12(14)19-10-3-1-2-8(4-10)11(18-15)9-5-16-7-17-6-9/h1-7,11-12,18H,15H2. The Kier molecular flexibility index (Phi) is 4.32. The van der Waals surface area contributed by atoms with E-state index in [-0.39, 0.29) is 5.75 Å². The van der Waals surface area contributed by atoms with Gasteiger partial charge in [0.05, 0.1) is 6.04 Å². The molecule has 1 aromatic heterocycles. The lowest BCUT2D eigenvalue weighted by Crippen LogP contribution is -2.29. The quantitative estimate of drug-likeness (QED) is 0.635. The minimum atomic E-state index is -2.86. The summed E-state index contributed by atoms with van der Waals surface area (Å²) in [5, 5.41) is 0. The molecule has 1 unspecified atom stereocenters. The van der Waals surface area contributed by atoms with Gasteiger partial charge in [0.15, 0.2) is 0 Å². The summed E-state index contributed by atoms with van der Waals surface area (Å²) in [6.45, 7) is -2.86. The van der Waals surface area contributed by atoms with E-state index in [1.165, 1.54) is 18.5 Å². The molecule has 0 aliphatic heterocycles. The fraction of sp³-hybridized carbons (Fsp3) is 0.167. The Bertz CT molecular complexity index is 524. The maximum atomic E-state index is 12.2. The van der Waals surface area contributed by atoms with E-state index < -0.39 is 12.7 Å². The van der Waals surface area contributed by atoms with E-state index in [2.05, 4.69) is 20.1 Å². The maximum absolute atomic E-state index is 12.2. The van der Waals surface area contributed by atoms with Gasteiger partial charge >= 0.3 is 6.61 Å². The van der Waals surface area contributed by atoms with Crippen LogP contribution in [-0.2, 0) is 0 Å². The molecule has 2 aromatic rings. The van der Waals surface area contributed by atoms with Gasteiger partial charge in [0.1, 0.15) is 12.1 Å². The number of halogens is 2. The third kappa shape index (κ3) is 3.43. The number of nitrogens with zero attached hydrogens (tertiary/aromatic N) is 2. The fourth-order valence-electron chi connectivity index (χ4n) is 1.71. The van der Waals surface area contributed by atoms with Crippen LogP contribution in [0.25, 0.3) is 0 Å². The molecule has 0 bridgehead atoms. The van der Waals surface area contributed by atoms with Crippen molar-refractivity contribution < 1.29 is 13.5 Å². The normalized spacial score (nSPS) is 12.4. The predicted octanol–water partition coefficient (Wildman–Crippen LogP) is 1.63. The van der Waals surface area contributed by atoms with E-state index in [4.69, 9.17) is 5.84 Å². The summed E-state index contributed by atoms with van der Waals surface area (Å²) < 4.78 is 28.7. The van der Waals surface area contributed by atoms with Crippen molar-refractivity contribution in [1.29, 1.82) is 0 Å². The number of nitrogens with one attached hydrogen (secondary N) is 1. The van der Waals surface area contributed by atoms with Crippen LogP contribution in [0.4, 0.5) is 8.78 Å². The number of ether oxygens (including phenoxy) is 1. The number of aromatic nitrogens is 2. The van der Waals surface area contributed by atoms with Crippen molar-refractivity contribution in [3.63, 3.8) is 0 Å². The summed E-state index contributed by atoms with van der Waals surface area (Å²) in [4.78, 5) is 7.78. The lowest BCUT2D eigenvalue weighted by molar-refractivity contribution is -0.0498. The minimum absolute atomic E-state index is 0.0737. The van der Waals surface area contributed by atoms with Gasteiger partial charge in [0, 0.05) is 18.0 Å². The first-order valence-electron chi connectivity index (χ1n) is 5.46. The SMILES string of the molecule is NNC(c1cncnc1)c1cccc(OC(F)F)c1. The summed E-state index contributed by atoms with van der Waals surface area (Å²) in [6, 6.07) is 5.90. The molecule has 1 heterocycles. The molecule has 0 aliphatic carbocycles. The zero-order valence-electron chi connectivity index (χ0n) is 9.83. The molecule has 19 heavy (non-hydrogen) atoms. The number of nitrogens with two attached hydrogens (primary N) is 1. The number of alkyl halides is 2. The Morgan fingerprint density at radius 1 is 1.16 bits per heavy atom. The highest BCUT2D eigenvalue weighted by Crippen LogP contribution is 2.24. The van der Waals surface area contributed by atoms with Crippen LogP contribution in [0.3, 0.4) is 0 Å². The zero-order valence-corrected chi connectivity index (χ0v) is 9.83. The molecule has 100 valence electrons. The average Bonchev–Trinajstić information content (AvgIpc) is 2.40. The molecular weight excluding hydrogens is 254 g/mol. The molecule has 5 nitrogen and oxygen atoms in total. The molecule has 0 amide bonds. The van der Waals surface area contributed by atoms with E-state index in [0.717, 1.165) is 5.56 Å². The Hall–Kier alpha value is -2.12. The molecule has 0 fully saturated rings. The van der Waals surface area contributed by atoms with E-state index >= 15 is 0 Å². The van der Waals surface area contributed by atoms with Gasteiger partial charge in [0.2, 0.25) is 0 Å². The summed E-state index contributed by atoms with van der Waals surface area (Å²) in [5.41, 5.74) is 3.99. The smallest absolute Gasteiger partial charge is 0.387 e. The summed E-state index contributed by atoms with van der Waals surface area (Å²) in [6.07, 6.45) is 4.59. The Balaban J connectivity index is 2.28. The third-order valence-corrected chi connectivity index (χ3v) is 2.50.